The summed E-state index contributed by atoms with van der Waals surface area (Å²) in [5, 5.41) is 10.7. The standard InChI is InChI=1S/C27H29NO6.C20H23NO5/c1-31-23-15-27-9-5-10-28(27)11-8-18-13-21-22(33-16-32-21)14-19(18)24(27)25(23)34-26(30)20(29)12-17-6-3-2-4-7-17;1-12(22)26-19-17(23-2)10-20-5-3-6-21(20)7-4-13-8-15-16(25-11-24-15)9-14(13)18(19)20/h2-4,6-7,13-15,20,24-25,29H,5,8-12,16H2,1H3;8-10,18-19H,3-7,11H2,1-2H3/t20?,24-,25?,27+;18-,19?,20+/m11/s1. The molecule has 316 valence electrons. The number of ether oxygens (including phenoxy) is 8. The van der Waals surface area contributed by atoms with Gasteiger partial charge in [-0.1, -0.05) is 30.3 Å². The van der Waals surface area contributed by atoms with Gasteiger partial charge in [0.05, 0.1) is 37.1 Å². The first-order valence-corrected chi connectivity index (χ1v) is 21.2. The Morgan fingerprint density at radius 3 is 1.68 bits per heavy atom. The Morgan fingerprint density at radius 1 is 0.717 bits per heavy atom. The molecule has 0 radical (unpaired) electrons. The van der Waals surface area contributed by atoms with E-state index in [1.807, 2.05) is 30.3 Å². The van der Waals surface area contributed by atoms with Gasteiger partial charge in [0.25, 0.3) is 0 Å². The van der Waals surface area contributed by atoms with Gasteiger partial charge in [-0.3, -0.25) is 14.6 Å². The van der Waals surface area contributed by atoms with Crippen molar-refractivity contribution in [2.75, 3.05) is 54.0 Å². The molecule has 0 amide bonds. The van der Waals surface area contributed by atoms with Crippen LogP contribution in [0.2, 0.25) is 0 Å². The molecule has 3 aromatic rings. The van der Waals surface area contributed by atoms with Crippen LogP contribution in [0.5, 0.6) is 23.0 Å². The van der Waals surface area contributed by atoms with Gasteiger partial charge in [0.2, 0.25) is 13.6 Å². The van der Waals surface area contributed by atoms with Crippen LogP contribution >= 0.6 is 0 Å². The minimum Gasteiger partial charge on any atom is -0.497 e. The summed E-state index contributed by atoms with van der Waals surface area (Å²) in [5.41, 5.74) is 5.15. The van der Waals surface area contributed by atoms with Crippen molar-refractivity contribution in [3.63, 3.8) is 0 Å². The van der Waals surface area contributed by atoms with Crippen LogP contribution in [0.4, 0.5) is 0 Å². The largest absolute Gasteiger partial charge is 0.497 e. The maximum absolute atomic E-state index is 13.1. The molecular formula is C47H52N2O11. The van der Waals surface area contributed by atoms with Gasteiger partial charge in [-0.25, -0.2) is 4.79 Å². The molecule has 2 aliphatic carbocycles. The molecule has 7 atom stereocenters. The molecule has 1 N–H and O–H groups in total. The van der Waals surface area contributed by atoms with Crippen LogP contribution in [-0.2, 0) is 47.8 Å². The molecular weight excluding hydrogens is 769 g/mol. The van der Waals surface area contributed by atoms with E-state index in [9.17, 15) is 14.7 Å². The summed E-state index contributed by atoms with van der Waals surface area (Å²) in [6.45, 7) is 5.86. The van der Waals surface area contributed by atoms with Crippen LogP contribution in [0.25, 0.3) is 0 Å². The van der Waals surface area contributed by atoms with E-state index in [1.54, 1.807) is 14.2 Å². The summed E-state index contributed by atoms with van der Waals surface area (Å²) in [5.74, 6) is 3.40. The van der Waals surface area contributed by atoms with Crippen LogP contribution in [0.3, 0.4) is 0 Å². The van der Waals surface area contributed by atoms with Gasteiger partial charge in [-0.15, -0.1) is 0 Å². The predicted octanol–water partition coefficient (Wildman–Crippen LogP) is 5.31. The fourth-order valence-electron chi connectivity index (χ4n) is 11.5. The Kier molecular flexibility index (Phi) is 9.95. The predicted molar refractivity (Wildman–Crippen MR) is 217 cm³/mol. The van der Waals surface area contributed by atoms with Crippen LogP contribution < -0.4 is 18.9 Å². The van der Waals surface area contributed by atoms with Crippen LogP contribution in [0, 0.1) is 0 Å². The lowest BCUT2D eigenvalue weighted by Crippen LogP contribution is -2.47. The third-order valence-electron chi connectivity index (χ3n) is 14.0. The number of rotatable bonds is 7. The topological polar surface area (TPSA) is 135 Å². The lowest BCUT2D eigenvalue weighted by atomic mass is 9.77. The van der Waals surface area contributed by atoms with E-state index in [0.29, 0.717) is 5.76 Å². The second-order valence-electron chi connectivity index (χ2n) is 17.0. The molecule has 0 bridgehead atoms. The normalized spacial score (nSPS) is 29.4. The fourth-order valence-corrected chi connectivity index (χ4v) is 11.5. The highest BCUT2D eigenvalue weighted by molar-refractivity contribution is 5.75. The summed E-state index contributed by atoms with van der Waals surface area (Å²) in [6, 6.07) is 17.8. The molecule has 3 unspecified atom stereocenters. The first kappa shape index (κ1) is 38.9. The van der Waals surface area contributed by atoms with Gasteiger partial charge in [-0.05, 0) is 116 Å². The highest BCUT2D eigenvalue weighted by Crippen LogP contribution is 2.57. The van der Waals surface area contributed by atoms with E-state index >= 15 is 0 Å². The zero-order valence-electron chi connectivity index (χ0n) is 34.4. The highest BCUT2D eigenvalue weighted by Gasteiger charge is 2.59. The van der Waals surface area contributed by atoms with Gasteiger partial charge in [0, 0.05) is 26.4 Å². The van der Waals surface area contributed by atoms with E-state index in [4.69, 9.17) is 37.9 Å². The first-order valence-electron chi connectivity index (χ1n) is 21.2. The van der Waals surface area contributed by atoms with Gasteiger partial charge < -0.3 is 43.0 Å². The number of benzene rings is 3. The highest BCUT2D eigenvalue weighted by atomic mass is 16.7. The second-order valence-corrected chi connectivity index (χ2v) is 17.0. The van der Waals surface area contributed by atoms with Gasteiger partial charge in [0.15, 0.2) is 41.3 Å². The average Bonchev–Trinajstić information content (AvgIpc) is 4.11. The van der Waals surface area contributed by atoms with Crippen molar-refractivity contribution in [2.24, 2.45) is 0 Å². The Morgan fingerprint density at radius 2 is 1.20 bits per heavy atom. The number of hydrogen-bond donors (Lipinski definition) is 1. The summed E-state index contributed by atoms with van der Waals surface area (Å²) in [4.78, 5) is 30.0. The zero-order chi connectivity index (χ0) is 41.2. The van der Waals surface area contributed by atoms with Crippen LogP contribution in [-0.4, -0.2) is 110 Å². The lowest BCUT2D eigenvalue weighted by Gasteiger charge is -2.39. The molecule has 8 aliphatic rings. The molecule has 13 heteroatoms. The second kappa shape index (κ2) is 15.3. The van der Waals surface area contributed by atoms with Gasteiger partial charge >= 0.3 is 11.9 Å². The fraction of sp³-hybridized carbons (Fsp3) is 0.489. The maximum Gasteiger partial charge on any atom is 0.336 e. The number of esters is 2. The molecule has 3 aromatic carbocycles. The number of methoxy groups -OCH3 is 2. The summed E-state index contributed by atoms with van der Waals surface area (Å²) < 4.78 is 45.9. The summed E-state index contributed by atoms with van der Waals surface area (Å²) in [7, 11) is 3.28. The van der Waals surface area contributed by atoms with E-state index in [1.165, 1.54) is 23.6 Å². The van der Waals surface area contributed by atoms with Crippen molar-refractivity contribution in [3.05, 3.63) is 106 Å². The average molecular weight is 821 g/mol. The maximum atomic E-state index is 13.1. The molecule has 60 heavy (non-hydrogen) atoms. The minimum absolute atomic E-state index is 0.0100. The molecule has 2 saturated heterocycles. The Balaban J connectivity index is 0.000000149. The molecule has 13 nitrogen and oxygen atoms in total. The number of aliphatic hydroxyl groups excluding tert-OH is 1. The van der Waals surface area contributed by atoms with E-state index in [-0.39, 0.29) is 48.9 Å². The molecule has 2 fully saturated rings. The number of fused-ring (bicyclic) bond motifs is 6. The number of nitrogens with zero attached hydrogens (tertiary/aromatic N) is 2. The smallest absolute Gasteiger partial charge is 0.336 e. The molecule has 6 heterocycles. The van der Waals surface area contributed by atoms with Crippen molar-refractivity contribution in [2.45, 2.75) is 93.1 Å². The number of aliphatic hydroxyl groups is 1. The zero-order valence-corrected chi connectivity index (χ0v) is 34.4. The van der Waals surface area contributed by atoms with Crippen molar-refractivity contribution >= 4 is 11.9 Å². The quantitative estimate of drug-likeness (QED) is 0.309. The Labute approximate surface area is 349 Å². The van der Waals surface area contributed by atoms with E-state index < -0.39 is 24.3 Å². The van der Waals surface area contributed by atoms with Crippen molar-refractivity contribution in [3.8, 4) is 23.0 Å². The Bertz CT molecular complexity index is 2240. The molecule has 0 aromatic heterocycles. The number of carbonyl (C=O) groups excluding carboxylic acids is 2. The molecule has 0 saturated carbocycles. The monoisotopic (exact) mass is 820 g/mol. The van der Waals surface area contributed by atoms with Crippen molar-refractivity contribution in [1.82, 2.24) is 9.80 Å². The van der Waals surface area contributed by atoms with E-state index in [0.717, 1.165) is 105 Å². The molecule has 6 aliphatic heterocycles. The summed E-state index contributed by atoms with van der Waals surface area (Å²) >= 11 is 0. The third kappa shape index (κ3) is 6.39. The summed E-state index contributed by atoms with van der Waals surface area (Å²) in [6.07, 6.45) is 8.33. The first-order chi connectivity index (χ1) is 29.2. The van der Waals surface area contributed by atoms with Crippen LogP contribution in [0.15, 0.2) is 78.3 Å². The lowest BCUT2D eigenvalue weighted by molar-refractivity contribution is -0.160. The van der Waals surface area contributed by atoms with Crippen molar-refractivity contribution in [1.29, 1.82) is 0 Å². The van der Waals surface area contributed by atoms with Crippen molar-refractivity contribution < 1.29 is 52.6 Å². The molecule has 11 rings (SSSR count). The van der Waals surface area contributed by atoms with Crippen LogP contribution in [0.1, 0.15) is 72.3 Å². The van der Waals surface area contributed by atoms with Gasteiger partial charge in [-0.2, -0.15) is 0 Å². The van der Waals surface area contributed by atoms with E-state index in [2.05, 4.69) is 46.2 Å². The molecule has 2 spiro atoms. The number of hydrogen-bond acceptors (Lipinski definition) is 13. The number of carbonyl (C=O) groups is 2. The third-order valence-corrected chi connectivity index (χ3v) is 14.0. The Hall–Kier alpha value is -5.24. The van der Waals surface area contributed by atoms with Gasteiger partial charge in [0.1, 0.15) is 11.5 Å². The minimum atomic E-state index is -1.25. The SMILES string of the molecule is COC1=C[C@]23CCCN2CCc2cc4c(cc2[C@@H]3C1OC(=O)C(O)Cc1ccccc1)OCO4.COC1=C[C@]23CCCN2CCc2cc4c(cc2[C@@H]3C1OC(C)=O)OCO4.